The maximum atomic E-state index is 12.0. The van der Waals surface area contributed by atoms with Gasteiger partial charge in [-0.15, -0.1) is 0 Å². The molecule has 2 N–H and O–H groups in total. The zero-order valence-electron chi connectivity index (χ0n) is 13.9. The predicted molar refractivity (Wildman–Crippen MR) is 94.7 cm³/mol. The number of hydrogen-bond donors (Lipinski definition) is 2. The Balaban J connectivity index is 1.82. The van der Waals surface area contributed by atoms with Crippen LogP contribution in [0.25, 0.3) is 10.9 Å². The van der Waals surface area contributed by atoms with Crippen LogP contribution in [0.5, 0.6) is 11.5 Å². The number of rotatable bonds is 3. The molecule has 0 bridgehead atoms. The molecule has 3 rings (SSSR count). The predicted octanol–water partition coefficient (Wildman–Crippen LogP) is 5.31. The zero-order chi connectivity index (χ0) is 17.2. The van der Waals surface area contributed by atoms with Crippen LogP contribution >= 0.6 is 0 Å². The van der Waals surface area contributed by atoms with Crippen molar-refractivity contribution < 1.29 is 14.3 Å². The van der Waals surface area contributed by atoms with Gasteiger partial charge in [-0.25, -0.2) is 4.79 Å². The summed E-state index contributed by atoms with van der Waals surface area (Å²) in [5.41, 5.74) is 1.01. The SMILES string of the molecule is CC(C)(C)OC(=O)Nc1c[nH]c2ccc(Oc3ccccc3)cc12. The van der Waals surface area contributed by atoms with Gasteiger partial charge in [-0.2, -0.15) is 0 Å². The largest absolute Gasteiger partial charge is 0.457 e. The van der Waals surface area contributed by atoms with Crippen LogP contribution in [0.3, 0.4) is 0 Å². The van der Waals surface area contributed by atoms with E-state index < -0.39 is 11.7 Å². The lowest BCUT2D eigenvalue weighted by molar-refractivity contribution is 0.0636. The molecule has 0 saturated carbocycles. The Morgan fingerprint density at radius 1 is 1.04 bits per heavy atom. The van der Waals surface area contributed by atoms with E-state index in [9.17, 15) is 4.79 Å². The highest BCUT2D eigenvalue weighted by molar-refractivity contribution is 6.00. The fourth-order valence-electron chi connectivity index (χ4n) is 2.30. The minimum atomic E-state index is -0.544. The molecule has 124 valence electrons. The summed E-state index contributed by atoms with van der Waals surface area (Å²) in [5.74, 6) is 1.45. The van der Waals surface area contributed by atoms with Gasteiger partial charge < -0.3 is 14.5 Å². The smallest absolute Gasteiger partial charge is 0.412 e. The van der Waals surface area contributed by atoms with Gasteiger partial charge in [0, 0.05) is 17.1 Å². The Kier molecular flexibility index (Phi) is 4.16. The molecule has 0 aliphatic rings. The van der Waals surface area contributed by atoms with Gasteiger partial charge in [0.15, 0.2) is 0 Å². The zero-order valence-corrected chi connectivity index (χ0v) is 13.9. The summed E-state index contributed by atoms with van der Waals surface area (Å²) >= 11 is 0. The highest BCUT2D eigenvalue weighted by atomic mass is 16.6. The van der Waals surface area contributed by atoms with Crippen molar-refractivity contribution in [1.82, 2.24) is 4.98 Å². The molecule has 1 heterocycles. The summed E-state index contributed by atoms with van der Waals surface area (Å²) in [6.45, 7) is 5.48. The van der Waals surface area contributed by atoms with Crippen molar-refractivity contribution in [2.24, 2.45) is 0 Å². The van der Waals surface area contributed by atoms with E-state index in [1.807, 2.05) is 69.3 Å². The summed E-state index contributed by atoms with van der Waals surface area (Å²) in [7, 11) is 0. The molecule has 1 aromatic heterocycles. The van der Waals surface area contributed by atoms with Crippen LogP contribution < -0.4 is 10.1 Å². The van der Waals surface area contributed by atoms with Gasteiger partial charge in [-0.3, -0.25) is 5.32 Å². The van der Waals surface area contributed by atoms with Crippen molar-refractivity contribution in [3.8, 4) is 11.5 Å². The van der Waals surface area contributed by atoms with Crippen LogP contribution in [0.2, 0.25) is 0 Å². The van der Waals surface area contributed by atoms with Gasteiger partial charge >= 0.3 is 6.09 Å². The van der Waals surface area contributed by atoms with Gasteiger partial charge in [-0.1, -0.05) is 18.2 Å². The molecule has 3 aromatic rings. The van der Waals surface area contributed by atoms with Crippen molar-refractivity contribution in [3.05, 3.63) is 54.7 Å². The average Bonchev–Trinajstić information content (AvgIpc) is 2.89. The second kappa shape index (κ2) is 6.28. The molecule has 0 aliphatic carbocycles. The highest BCUT2D eigenvalue weighted by Crippen LogP contribution is 2.30. The van der Waals surface area contributed by atoms with Crippen molar-refractivity contribution >= 4 is 22.7 Å². The van der Waals surface area contributed by atoms with Gasteiger partial charge in [0.2, 0.25) is 0 Å². The Bertz CT molecular complexity index is 848. The van der Waals surface area contributed by atoms with E-state index >= 15 is 0 Å². The Morgan fingerprint density at radius 2 is 1.79 bits per heavy atom. The molecular weight excluding hydrogens is 304 g/mol. The Morgan fingerprint density at radius 3 is 2.50 bits per heavy atom. The molecule has 5 heteroatoms. The van der Waals surface area contributed by atoms with Crippen LogP contribution in [0.15, 0.2) is 54.7 Å². The van der Waals surface area contributed by atoms with Gasteiger partial charge in [-0.05, 0) is 51.1 Å². The number of nitrogens with one attached hydrogen (secondary N) is 2. The summed E-state index contributed by atoms with van der Waals surface area (Å²) < 4.78 is 11.1. The minimum Gasteiger partial charge on any atom is -0.457 e. The molecule has 2 aromatic carbocycles. The monoisotopic (exact) mass is 324 g/mol. The summed E-state index contributed by atoms with van der Waals surface area (Å²) in [6.07, 6.45) is 1.25. The van der Waals surface area contributed by atoms with E-state index in [2.05, 4.69) is 10.3 Å². The number of hydrogen-bond acceptors (Lipinski definition) is 3. The van der Waals surface area contributed by atoms with Crippen molar-refractivity contribution in [2.75, 3.05) is 5.32 Å². The third-order valence-corrected chi connectivity index (χ3v) is 3.27. The fraction of sp³-hybridized carbons (Fsp3) is 0.211. The molecule has 0 radical (unpaired) electrons. The molecule has 0 aliphatic heterocycles. The second-order valence-electron chi connectivity index (χ2n) is 6.45. The molecule has 0 saturated heterocycles. The first-order chi connectivity index (χ1) is 11.4. The van der Waals surface area contributed by atoms with E-state index in [0.717, 1.165) is 16.7 Å². The summed E-state index contributed by atoms with van der Waals surface area (Å²) in [4.78, 5) is 15.1. The number of para-hydroxylation sites is 1. The lowest BCUT2D eigenvalue weighted by Crippen LogP contribution is -2.27. The van der Waals surface area contributed by atoms with Gasteiger partial charge in [0.1, 0.15) is 17.1 Å². The first-order valence-electron chi connectivity index (χ1n) is 7.75. The van der Waals surface area contributed by atoms with Crippen LogP contribution in [-0.4, -0.2) is 16.7 Å². The quantitative estimate of drug-likeness (QED) is 0.686. The Labute approximate surface area is 140 Å². The van der Waals surface area contributed by atoms with Crippen LogP contribution in [0.1, 0.15) is 20.8 Å². The van der Waals surface area contributed by atoms with E-state index in [1.54, 1.807) is 6.20 Å². The third-order valence-electron chi connectivity index (χ3n) is 3.27. The van der Waals surface area contributed by atoms with Gasteiger partial charge in [0.25, 0.3) is 0 Å². The van der Waals surface area contributed by atoms with Crippen LogP contribution in [0.4, 0.5) is 10.5 Å². The second-order valence-corrected chi connectivity index (χ2v) is 6.45. The molecule has 0 spiro atoms. The normalized spacial score (nSPS) is 11.3. The molecular formula is C19H20N2O3. The maximum Gasteiger partial charge on any atom is 0.412 e. The van der Waals surface area contributed by atoms with E-state index in [1.165, 1.54) is 0 Å². The number of H-pyrrole nitrogens is 1. The number of carbonyl (C=O) groups is 1. The van der Waals surface area contributed by atoms with E-state index in [0.29, 0.717) is 11.4 Å². The number of aromatic nitrogens is 1. The number of fused-ring (bicyclic) bond motifs is 1. The average molecular weight is 324 g/mol. The summed E-state index contributed by atoms with van der Waals surface area (Å²) in [6, 6.07) is 15.2. The van der Waals surface area contributed by atoms with Crippen LogP contribution in [-0.2, 0) is 4.74 Å². The minimum absolute atomic E-state index is 0.488. The van der Waals surface area contributed by atoms with E-state index in [4.69, 9.17) is 9.47 Å². The van der Waals surface area contributed by atoms with Gasteiger partial charge in [0.05, 0.1) is 5.69 Å². The topological polar surface area (TPSA) is 63.3 Å². The first-order valence-corrected chi connectivity index (χ1v) is 7.75. The maximum absolute atomic E-state index is 12.0. The number of carbonyl (C=O) groups excluding carboxylic acids is 1. The molecule has 0 atom stereocenters. The number of amides is 1. The molecule has 0 unspecified atom stereocenters. The number of benzene rings is 2. The molecule has 5 nitrogen and oxygen atoms in total. The molecule has 1 amide bonds. The van der Waals surface area contributed by atoms with Crippen LogP contribution in [0, 0.1) is 0 Å². The van der Waals surface area contributed by atoms with Crippen molar-refractivity contribution in [2.45, 2.75) is 26.4 Å². The number of ether oxygens (including phenoxy) is 2. The first kappa shape index (κ1) is 15.9. The van der Waals surface area contributed by atoms with Crippen molar-refractivity contribution in [3.63, 3.8) is 0 Å². The molecule has 0 fully saturated rings. The number of aromatic amines is 1. The third kappa shape index (κ3) is 3.87. The number of anilines is 1. The fourth-order valence-corrected chi connectivity index (χ4v) is 2.30. The molecule has 24 heavy (non-hydrogen) atoms. The standard InChI is InChI=1S/C19H20N2O3/c1-19(2,3)24-18(22)21-17-12-20-16-10-9-14(11-15(16)17)23-13-7-5-4-6-8-13/h4-12,20H,1-3H3,(H,21,22). The Hall–Kier alpha value is -2.95. The van der Waals surface area contributed by atoms with Crippen molar-refractivity contribution in [1.29, 1.82) is 0 Å². The summed E-state index contributed by atoms with van der Waals surface area (Å²) in [5, 5.41) is 3.62. The lowest BCUT2D eigenvalue weighted by atomic mass is 10.2. The van der Waals surface area contributed by atoms with E-state index in [-0.39, 0.29) is 0 Å². The highest BCUT2D eigenvalue weighted by Gasteiger charge is 2.17. The lowest BCUT2D eigenvalue weighted by Gasteiger charge is -2.19.